The first kappa shape index (κ1) is 16.9. The van der Waals surface area contributed by atoms with Gasteiger partial charge in [-0.2, -0.15) is 4.31 Å². The number of nitrogen functional groups attached to an aromatic ring is 1. The maximum absolute atomic E-state index is 13.5. The average Bonchev–Trinajstić information content (AvgIpc) is 2.35. The van der Waals surface area contributed by atoms with Gasteiger partial charge in [0.2, 0.25) is 10.0 Å². The summed E-state index contributed by atoms with van der Waals surface area (Å²) in [6.45, 7) is 5.54. The van der Waals surface area contributed by atoms with E-state index in [1.807, 2.05) is 0 Å². The number of methoxy groups -OCH3 is 1. The van der Waals surface area contributed by atoms with Crippen molar-refractivity contribution in [2.75, 3.05) is 26.0 Å². The summed E-state index contributed by atoms with van der Waals surface area (Å²) in [5.74, 6) is -0.586. The molecule has 0 radical (unpaired) electrons. The number of benzene rings is 1. The molecule has 114 valence electrons. The van der Waals surface area contributed by atoms with E-state index >= 15 is 0 Å². The Morgan fingerprint density at radius 1 is 1.40 bits per heavy atom. The summed E-state index contributed by atoms with van der Waals surface area (Å²) in [5, 5.41) is 0. The zero-order valence-corrected chi connectivity index (χ0v) is 13.0. The molecule has 0 saturated carbocycles. The Morgan fingerprint density at radius 2 is 2.00 bits per heavy atom. The molecule has 1 aromatic carbocycles. The predicted octanol–water partition coefficient (Wildman–Crippen LogP) is 1.76. The fourth-order valence-corrected chi connectivity index (χ4v) is 3.63. The van der Waals surface area contributed by atoms with Crippen molar-refractivity contribution in [3.05, 3.63) is 23.5 Å². The molecule has 0 aliphatic heterocycles. The van der Waals surface area contributed by atoms with Crippen molar-refractivity contribution in [2.45, 2.75) is 31.7 Å². The highest BCUT2D eigenvalue weighted by molar-refractivity contribution is 7.89. The van der Waals surface area contributed by atoms with Crippen molar-refractivity contribution >= 4 is 15.7 Å². The van der Waals surface area contributed by atoms with E-state index in [0.29, 0.717) is 0 Å². The Kier molecular flexibility index (Phi) is 5.50. The highest BCUT2D eigenvalue weighted by Gasteiger charge is 2.27. The highest BCUT2D eigenvalue weighted by Crippen LogP contribution is 2.24. The third kappa shape index (κ3) is 3.47. The van der Waals surface area contributed by atoms with Crippen molar-refractivity contribution in [3.63, 3.8) is 0 Å². The van der Waals surface area contributed by atoms with Gasteiger partial charge in [-0.15, -0.1) is 0 Å². The van der Waals surface area contributed by atoms with Gasteiger partial charge >= 0.3 is 0 Å². The molecular weight excluding hydrogens is 283 g/mol. The zero-order valence-electron chi connectivity index (χ0n) is 12.2. The summed E-state index contributed by atoms with van der Waals surface area (Å²) in [5.41, 5.74) is 5.55. The minimum Gasteiger partial charge on any atom is -0.396 e. The molecule has 0 spiro atoms. The first-order valence-corrected chi connectivity index (χ1v) is 7.72. The summed E-state index contributed by atoms with van der Waals surface area (Å²) in [6, 6.07) is 2.21. The SMILES string of the molecule is COCCN(C(C)C)S(=O)(=O)c1cc(C)c(F)c(N)c1. The Balaban J connectivity index is 3.26. The van der Waals surface area contributed by atoms with Crippen LogP contribution in [0.3, 0.4) is 0 Å². The monoisotopic (exact) mass is 304 g/mol. The number of hydrogen-bond donors (Lipinski definition) is 1. The molecule has 20 heavy (non-hydrogen) atoms. The Labute approximate surface area is 119 Å². The van der Waals surface area contributed by atoms with Gasteiger partial charge in [-0.05, 0) is 38.5 Å². The molecule has 1 rings (SSSR count). The van der Waals surface area contributed by atoms with Gasteiger partial charge in [0.25, 0.3) is 0 Å². The van der Waals surface area contributed by atoms with Gasteiger partial charge in [-0.1, -0.05) is 0 Å². The Morgan fingerprint density at radius 3 is 2.45 bits per heavy atom. The Bertz CT molecular complexity index is 550. The second-order valence-corrected chi connectivity index (χ2v) is 6.74. The average molecular weight is 304 g/mol. The molecule has 0 heterocycles. The number of sulfonamides is 1. The molecule has 0 atom stereocenters. The fourth-order valence-electron chi connectivity index (χ4n) is 1.88. The van der Waals surface area contributed by atoms with Crippen molar-refractivity contribution in [1.82, 2.24) is 4.31 Å². The summed E-state index contributed by atoms with van der Waals surface area (Å²) >= 11 is 0. The van der Waals surface area contributed by atoms with Gasteiger partial charge < -0.3 is 10.5 Å². The molecular formula is C13H21FN2O3S. The quantitative estimate of drug-likeness (QED) is 0.813. The Hall–Kier alpha value is -1.18. The maximum atomic E-state index is 13.5. The molecule has 0 saturated heterocycles. The van der Waals surface area contributed by atoms with Crippen LogP contribution in [0.1, 0.15) is 19.4 Å². The summed E-state index contributed by atoms with van der Waals surface area (Å²) in [7, 11) is -2.22. The van der Waals surface area contributed by atoms with Crippen LogP contribution < -0.4 is 5.73 Å². The molecule has 0 aromatic heterocycles. The topological polar surface area (TPSA) is 72.6 Å². The van der Waals surface area contributed by atoms with Crippen LogP contribution >= 0.6 is 0 Å². The minimum absolute atomic E-state index is 0.00120. The first-order chi connectivity index (χ1) is 9.21. The smallest absolute Gasteiger partial charge is 0.243 e. The molecule has 0 fully saturated rings. The minimum atomic E-state index is -3.73. The van der Waals surface area contributed by atoms with Gasteiger partial charge in [0.1, 0.15) is 5.82 Å². The van der Waals surface area contributed by atoms with Gasteiger partial charge in [0.05, 0.1) is 17.2 Å². The second-order valence-electron chi connectivity index (χ2n) is 4.85. The normalized spacial score (nSPS) is 12.3. The summed E-state index contributed by atoms with van der Waals surface area (Å²) in [6.07, 6.45) is 0. The molecule has 0 unspecified atom stereocenters. The molecule has 1 aromatic rings. The molecule has 5 nitrogen and oxygen atoms in total. The zero-order chi connectivity index (χ0) is 15.5. The highest BCUT2D eigenvalue weighted by atomic mass is 32.2. The predicted molar refractivity (Wildman–Crippen MR) is 76.5 cm³/mol. The van der Waals surface area contributed by atoms with Crippen LogP contribution in [-0.2, 0) is 14.8 Å². The van der Waals surface area contributed by atoms with Crippen molar-refractivity contribution in [2.24, 2.45) is 0 Å². The van der Waals surface area contributed by atoms with E-state index in [4.69, 9.17) is 10.5 Å². The van der Waals surface area contributed by atoms with Gasteiger partial charge in [0, 0.05) is 19.7 Å². The van der Waals surface area contributed by atoms with Crippen LogP contribution in [0.4, 0.5) is 10.1 Å². The number of nitrogens with two attached hydrogens (primary N) is 1. The van der Waals surface area contributed by atoms with Crippen molar-refractivity contribution in [3.8, 4) is 0 Å². The molecule has 0 aliphatic carbocycles. The van der Waals surface area contributed by atoms with Crippen LogP contribution in [0.25, 0.3) is 0 Å². The number of halogens is 1. The van der Waals surface area contributed by atoms with E-state index in [-0.39, 0.29) is 35.3 Å². The third-order valence-corrected chi connectivity index (χ3v) is 5.01. The van der Waals surface area contributed by atoms with Gasteiger partial charge in [-0.25, -0.2) is 12.8 Å². The lowest BCUT2D eigenvalue weighted by atomic mass is 10.2. The van der Waals surface area contributed by atoms with E-state index in [9.17, 15) is 12.8 Å². The van der Waals surface area contributed by atoms with E-state index in [1.54, 1.807) is 13.8 Å². The van der Waals surface area contributed by atoms with Crippen LogP contribution in [0, 0.1) is 12.7 Å². The van der Waals surface area contributed by atoms with Crippen LogP contribution in [-0.4, -0.2) is 39.0 Å². The standard InChI is InChI=1S/C13H21FN2O3S/c1-9(2)16(5-6-19-4)20(17,18)11-7-10(3)13(14)12(15)8-11/h7-9H,5-6,15H2,1-4H3. The second kappa shape index (κ2) is 6.51. The lowest BCUT2D eigenvalue weighted by molar-refractivity contribution is 0.171. The van der Waals surface area contributed by atoms with Crippen molar-refractivity contribution in [1.29, 1.82) is 0 Å². The summed E-state index contributed by atoms with van der Waals surface area (Å²) in [4.78, 5) is -0.00120. The lowest BCUT2D eigenvalue weighted by Gasteiger charge is -2.26. The summed E-state index contributed by atoms with van der Waals surface area (Å²) < 4.78 is 44.9. The maximum Gasteiger partial charge on any atom is 0.243 e. The number of aryl methyl sites for hydroxylation is 1. The molecule has 7 heteroatoms. The number of nitrogens with zero attached hydrogens (tertiary/aromatic N) is 1. The first-order valence-electron chi connectivity index (χ1n) is 6.28. The molecule has 0 aliphatic rings. The van der Waals surface area contributed by atoms with Gasteiger partial charge in [-0.3, -0.25) is 0 Å². The van der Waals surface area contributed by atoms with Crippen molar-refractivity contribution < 1.29 is 17.5 Å². The van der Waals surface area contributed by atoms with Crippen LogP contribution in [0.2, 0.25) is 0 Å². The molecule has 2 N–H and O–H groups in total. The molecule has 0 amide bonds. The van der Waals surface area contributed by atoms with Crippen LogP contribution in [0.15, 0.2) is 17.0 Å². The van der Waals surface area contributed by atoms with Gasteiger partial charge in [0.15, 0.2) is 0 Å². The van der Waals surface area contributed by atoms with E-state index in [2.05, 4.69) is 0 Å². The van der Waals surface area contributed by atoms with E-state index in [0.717, 1.165) is 6.07 Å². The van der Waals surface area contributed by atoms with Crippen LogP contribution in [0.5, 0.6) is 0 Å². The lowest BCUT2D eigenvalue weighted by Crippen LogP contribution is -2.39. The largest absolute Gasteiger partial charge is 0.396 e. The van der Waals surface area contributed by atoms with E-state index in [1.165, 1.54) is 24.4 Å². The number of ether oxygens (including phenoxy) is 1. The number of hydrogen-bond acceptors (Lipinski definition) is 4. The molecule has 0 bridgehead atoms. The number of anilines is 1. The number of rotatable bonds is 6. The third-order valence-electron chi connectivity index (χ3n) is 2.95. The fraction of sp³-hybridized carbons (Fsp3) is 0.538. The van der Waals surface area contributed by atoms with E-state index < -0.39 is 15.8 Å².